The van der Waals surface area contributed by atoms with E-state index < -0.39 is 27.3 Å². The van der Waals surface area contributed by atoms with Gasteiger partial charge in [-0.15, -0.1) is 0 Å². The summed E-state index contributed by atoms with van der Waals surface area (Å²) in [5, 5.41) is 0. The van der Waals surface area contributed by atoms with Gasteiger partial charge >= 0.3 is 6.18 Å². The van der Waals surface area contributed by atoms with Gasteiger partial charge in [0.2, 0.25) is 10.0 Å². The minimum Gasteiger partial charge on any atom is -0.207 e. The van der Waals surface area contributed by atoms with Gasteiger partial charge in [-0.3, -0.25) is 0 Å². The summed E-state index contributed by atoms with van der Waals surface area (Å²) in [4.78, 5) is -0.334. The van der Waals surface area contributed by atoms with Crippen molar-refractivity contribution >= 4 is 10.0 Å². The molecule has 0 aromatic heterocycles. The van der Waals surface area contributed by atoms with Crippen LogP contribution in [0.5, 0.6) is 0 Å². The van der Waals surface area contributed by atoms with Crippen LogP contribution in [0.4, 0.5) is 13.2 Å². The highest BCUT2D eigenvalue weighted by Gasteiger charge is 2.38. The van der Waals surface area contributed by atoms with Gasteiger partial charge in [-0.2, -0.15) is 13.2 Å². The van der Waals surface area contributed by atoms with Gasteiger partial charge in [0.05, 0.1) is 10.5 Å². The van der Waals surface area contributed by atoms with Crippen molar-refractivity contribution in [3.05, 3.63) is 28.8 Å². The maximum atomic E-state index is 13.4. The number of benzene rings is 1. The molecule has 0 bridgehead atoms. The molecule has 0 saturated carbocycles. The Labute approximate surface area is 130 Å². The molecule has 3 nitrogen and oxygen atoms in total. The fraction of sp³-hybridized carbons (Fsp3) is 0.600. The van der Waals surface area contributed by atoms with Gasteiger partial charge in [0.1, 0.15) is 0 Å². The standard InChI is InChI=1S/C15H22F3NO2S/c1-9(2)11-7-8-12(10(3)13(11)15(16,17)18)22(20,21)19-14(4,5)6/h7-9,19H,1-6H3. The highest BCUT2D eigenvalue weighted by atomic mass is 32.2. The Morgan fingerprint density at radius 2 is 1.59 bits per heavy atom. The normalized spacial score (nSPS) is 13.7. The maximum absolute atomic E-state index is 13.4. The summed E-state index contributed by atoms with van der Waals surface area (Å²) in [6.07, 6.45) is -4.60. The average molecular weight is 337 g/mol. The van der Waals surface area contributed by atoms with Crippen LogP contribution in [0.1, 0.15) is 57.2 Å². The van der Waals surface area contributed by atoms with Crippen molar-refractivity contribution in [3.8, 4) is 0 Å². The molecule has 0 spiro atoms. The second-order valence-electron chi connectivity index (χ2n) is 6.66. The van der Waals surface area contributed by atoms with Crippen LogP contribution in [-0.4, -0.2) is 14.0 Å². The molecule has 0 heterocycles. The topological polar surface area (TPSA) is 46.2 Å². The number of rotatable bonds is 3. The minimum atomic E-state index is -4.60. The number of halogens is 3. The summed E-state index contributed by atoms with van der Waals surface area (Å²) >= 11 is 0. The summed E-state index contributed by atoms with van der Waals surface area (Å²) in [6, 6.07) is 2.49. The van der Waals surface area contributed by atoms with E-state index in [-0.39, 0.29) is 21.9 Å². The molecule has 1 aromatic carbocycles. The van der Waals surface area contributed by atoms with Gasteiger partial charge in [-0.05, 0) is 50.8 Å². The lowest BCUT2D eigenvalue weighted by Gasteiger charge is -2.24. The molecule has 0 aliphatic carbocycles. The Morgan fingerprint density at radius 3 is 1.95 bits per heavy atom. The highest BCUT2D eigenvalue weighted by molar-refractivity contribution is 7.89. The lowest BCUT2D eigenvalue weighted by atomic mass is 9.93. The van der Waals surface area contributed by atoms with Crippen LogP contribution in [0.3, 0.4) is 0 Å². The van der Waals surface area contributed by atoms with E-state index >= 15 is 0 Å². The SMILES string of the molecule is Cc1c(S(=O)(=O)NC(C)(C)C)ccc(C(C)C)c1C(F)(F)F. The van der Waals surface area contributed by atoms with Crippen molar-refractivity contribution in [1.82, 2.24) is 4.72 Å². The fourth-order valence-corrected chi connectivity index (χ4v) is 3.99. The number of alkyl halides is 3. The van der Waals surface area contributed by atoms with Crippen LogP contribution < -0.4 is 4.72 Å². The maximum Gasteiger partial charge on any atom is 0.416 e. The Balaban J connectivity index is 3.62. The molecule has 0 aliphatic heterocycles. The lowest BCUT2D eigenvalue weighted by Crippen LogP contribution is -2.40. The second-order valence-corrected chi connectivity index (χ2v) is 8.31. The molecule has 0 unspecified atom stereocenters. The van der Waals surface area contributed by atoms with E-state index in [0.29, 0.717) is 0 Å². The van der Waals surface area contributed by atoms with Crippen LogP contribution in [0.15, 0.2) is 17.0 Å². The molecule has 22 heavy (non-hydrogen) atoms. The van der Waals surface area contributed by atoms with Gasteiger partial charge in [0.15, 0.2) is 0 Å². The number of sulfonamides is 1. The monoisotopic (exact) mass is 337 g/mol. The first kappa shape index (κ1) is 19.0. The third kappa shape index (κ3) is 4.23. The molecule has 126 valence electrons. The first-order valence-electron chi connectivity index (χ1n) is 6.91. The first-order valence-corrected chi connectivity index (χ1v) is 8.40. The third-order valence-corrected chi connectivity index (χ3v) is 4.99. The van der Waals surface area contributed by atoms with Crippen LogP contribution >= 0.6 is 0 Å². The lowest BCUT2D eigenvalue weighted by molar-refractivity contribution is -0.139. The Bertz CT molecular complexity index is 657. The summed E-state index contributed by atoms with van der Waals surface area (Å²) in [6.45, 7) is 9.39. The zero-order valence-electron chi connectivity index (χ0n) is 13.6. The van der Waals surface area contributed by atoms with Crippen molar-refractivity contribution in [2.45, 2.75) is 64.1 Å². The van der Waals surface area contributed by atoms with Gasteiger partial charge in [0, 0.05) is 5.54 Å². The molecule has 7 heteroatoms. The van der Waals surface area contributed by atoms with E-state index in [1.807, 2.05) is 0 Å². The van der Waals surface area contributed by atoms with Crippen molar-refractivity contribution in [2.24, 2.45) is 0 Å². The fourth-order valence-electron chi connectivity index (χ4n) is 2.32. The summed E-state index contributed by atoms with van der Waals surface area (Å²) in [5.41, 5.74) is -1.81. The summed E-state index contributed by atoms with van der Waals surface area (Å²) in [5.74, 6) is -0.359. The predicted octanol–water partition coefficient (Wildman–Crippen LogP) is 4.21. The zero-order chi connectivity index (χ0) is 17.5. The van der Waals surface area contributed by atoms with Gasteiger partial charge in [-0.25, -0.2) is 13.1 Å². The molecule has 0 atom stereocenters. The first-order chi connectivity index (χ1) is 9.67. The predicted molar refractivity (Wildman–Crippen MR) is 80.3 cm³/mol. The number of hydrogen-bond donors (Lipinski definition) is 1. The molecule has 1 aromatic rings. The van der Waals surface area contributed by atoms with E-state index in [0.717, 1.165) is 0 Å². The van der Waals surface area contributed by atoms with Gasteiger partial charge in [-0.1, -0.05) is 19.9 Å². The van der Waals surface area contributed by atoms with Crippen LogP contribution in [0.25, 0.3) is 0 Å². The molecular weight excluding hydrogens is 315 g/mol. The van der Waals surface area contributed by atoms with Crippen molar-refractivity contribution in [2.75, 3.05) is 0 Å². The minimum absolute atomic E-state index is 0.0970. The quantitative estimate of drug-likeness (QED) is 0.898. The molecular formula is C15H22F3NO2S. The van der Waals surface area contributed by atoms with Crippen LogP contribution in [0, 0.1) is 6.92 Å². The van der Waals surface area contributed by atoms with Gasteiger partial charge in [0.25, 0.3) is 0 Å². The smallest absolute Gasteiger partial charge is 0.207 e. The summed E-state index contributed by atoms with van der Waals surface area (Å²) in [7, 11) is -4.02. The highest BCUT2D eigenvalue weighted by Crippen LogP contribution is 2.39. The number of hydrogen-bond acceptors (Lipinski definition) is 2. The Hall–Kier alpha value is -1.08. The molecule has 0 saturated heterocycles. The van der Waals surface area contributed by atoms with Gasteiger partial charge < -0.3 is 0 Å². The Morgan fingerprint density at radius 1 is 1.09 bits per heavy atom. The van der Waals surface area contributed by atoms with E-state index in [9.17, 15) is 21.6 Å². The summed E-state index contributed by atoms with van der Waals surface area (Å²) < 4.78 is 67.2. The molecule has 0 amide bonds. The molecule has 0 radical (unpaired) electrons. The molecule has 0 fully saturated rings. The van der Waals surface area contributed by atoms with E-state index in [1.165, 1.54) is 19.1 Å². The van der Waals surface area contributed by atoms with Crippen LogP contribution in [-0.2, 0) is 16.2 Å². The van der Waals surface area contributed by atoms with E-state index in [1.54, 1.807) is 34.6 Å². The van der Waals surface area contributed by atoms with Crippen molar-refractivity contribution in [3.63, 3.8) is 0 Å². The zero-order valence-corrected chi connectivity index (χ0v) is 14.4. The second kappa shape index (κ2) is 5.85. The van der Waals surface area contributed by atoms with Crippen LogP contribution in [0.2, 0.25) is 0 Å². The molecule has 1 N–H and O–H groups in total. The van der Waals surface area contributed by atoms with Crippen molar-refractivity contribution < 1.29 is 21.6 Å². The third-order valence-electron chi connectivity index (χ3n) is 3.08. The molecule has 0 aliphatic rings. The van der Waals surface area contributed by atoms with E-state index in [4.69, 9.17) is 0 Å². The Kier molecular flexibility index (Phi) is 5.04. The number of nitrogens with one attached hydrogen (secondary N) is 1. The molecule has 1 rings (SSSR count). The average Bonchev–Trinajstić information content (AvgIpc) is 2.22. The van der Waals surface area contributed by atoms with E-state index in [2.05, 4.69) is 4.72 Å². The van der Waals surface area contributed by atoms with Crippen molar-refractivity contribution in [1.29, 1.82) is 0 Å². The largest absolute Gasteiger partial charge is 0.416 e.